The molecule has 21 heavy (non-hydrogen) atoms. The lowest BCUT2D eigenvalue weighted by Gasteiger charge is -2.05. The van der Waals surface area contributed by atoms with Crippen LogP contribution in [0, 0.1) is 0 Å². The van der Waals surface area contributed by atoms with Crippen molar-refractivity contribution in [3.63, 3.8) is 0 Å². The second-order valence-corrected chi connectivity index (χ2v) is 4.51. The first-order valence-electron chi connectivity index (χ1n) is 6.89. The molecule has 0 saturated carbocycles. The molecular formula is C15H20N4O2. The highest BCUT2D eigenvalue weighted by atomic mass is 16.5. The summed E-state index contributed by atoms with van der Waals surface area (Å²) in [7, 11) is 1.66. The van der Waals surface area contributed by atoms with Crippen molar-refractivity contribution in [2.24, 2.45) is 0 Å². The van der Waals surface area contributed by atoms with E-state index in [1.807, 2.05) is 30.3 Å². The number of carbonyl (C=O) groups excluding carboxylic acids is 1. The van der Waals surface area contributed by atoms with Gasteiger partial charge in [0.25, 0.3) is 5.91 Å². The van der Waals surface area contributed by atoms with Crippen molar-refractivity contribution in [3.05, 3.63) is 48.3 Å². The van der Waals surface area contributed by atoms with E-state index >= 15 is 0 Å². The SMILES string of the molecule is COCCNCCNC(=O)c1cnn(-c2ccccc2)c1. The predicted octanol–water partition coefficient (Wildman–Crippen LogP) is 0.838. The van der Waals surface area contributed by atoms with Crippen molar-refractivity contribution in [2.45, 2.75) is 0 Å². The summed E-state index contributed by atoms with van der Waals surface area (Å²) in [6.07, 6.45) is 3.30. The number of hydrogen-bond donors (Lipinski definition) is 2. The number of carbonyl (C=O) groups is 1. The first-order valence-corrected chi connectivity index (χ1v) is 6.89. The Balaban J connectivity index is 1.80. The third-order valence-corrected chi connectivity index (χ3v) is 2.94. The quantitative estimate of drug-likeness (QED) is 0.706. The molecule has 0 aliphatic carbocycles. The van der Waals surface area contributed by atoms with Crippen LogP contribution in [0.1, 0.15) is 10.4 Å². The number of nitrogens with zero attached hydrogens (tertiary/aromatic N) is 2. The molecule has 0 bridgehead atoms. The zero-order chi connectivity index (χ0) is 14.9. The second-order valence-electron chi connectivity index (χ2n) is 4.51. The lowest BCUT2D eigenvalue weighted by molar-refractivity contribution is 0.0953. The first kappa shape index (κ1) is 15.2. The van der Waals surface area contributed by atoms with Crippen LogP contribution in [0.4, 0.5) is 0 Å². The molecule has 0 saturated heterocycles. The Labute approximate surface area is 124 Å². The van der Waals surface area contributed by atoms with Crippen molar-refractivity contribution in [3.8, 4) is 5.69 Å². The lowest BCUT2D eigenvalue weighted by atomic mass is 10.3. The summed E-state index contributed by atoms with van der Waals surface area (Å²) in [4.78, 5) is 12.0. The van der Waals surface area contributed by atoms with Crippen molar-refractivity contribution in [2.75, 3.05) is 33.4 Å². The Hall–Kier alpha value is -2.18. The van der Waals surface area contributed by atoms with Crippen LogP contribution in [0.3, 0.4) is 0 Å². The molecule has 0 unspecified atom stereocenters. The number of rotatable bonds is 8. The predicted molar refractivity (Wildman–Crippen MR) is 80.6 cm³/mol. The highest BCUT2D eigenvalue weighted by Crippen LogP contribution is 2.07. The summed E-state index contributed by atoms with van der Waals surface area (Å²) in [5.41, 5.74) is 1.48. The third kappa shape index (κ3) is 4.70. The number of nitrogens with one attached hydrogen (secondary N) is 2. The molecular weight excluding hydrogens is 268 g/mol. The first-order chi connectivity index (χ1) is 10.3. The molecule has 6 heteroatoms. The van der Waals surface area contributed by atoms with Gasteiger partial charge in [0.1, 0.15) is 0 Å². The van der Waals surface area contributed by atoms with Crippen LogP contribution >= 0.6 is 0 Å². The molecule has 0 radical (unpaired) electrons. The van der Waals surface area contributed by atoms with Gasteiger partial charge in [-0.2, -0.15) is 5.10 Å². The van der Waals surface area contributed by atoms with Crippen molar-refractivity contribution < 1.29 is 9.53 Å². The van der Waals surface area contributed by atoms with Crippen molar-refractivity contribution >= 4 is 5.91 Å². The molecule has 0 atom stereocenters. The van der Waals surface area contributed by atoms with Crippen LogP contribution in [0.2, 0.25) is 0 Å². The van der Waals surface area contributed by atoms with Gasteiger partial charge in [-0.3, -0.25) is 4.79 Å². The summed E-state index contributed by atoms with van der Waals surface area (Å²) < 4.78 is 6.61. The number of methoxy groups -OCH3 is 1. The molecule has 1 amide bonds. The summed E-state index contributed by atoms with van der Waals surface area (Å²) in [5.74, 6) is -0.120. The molecule has 0 aliphatic heterocycles. The minimum Gasteiger partial charge on any atom is -0.383 e. The summed E-state index contributed by atoms with van der Waals surface area (Å²) in [5, 5.41) is 10.2. The number of para-hydroxylation sites is 1. The van der Waals surface area contributed by atoms with Gasteiger partial charge in [0.15, 0.2) is 0 Å². The zero-order valence-corrected chi connectivity index (χ0v) is 12.1. The number of amides is 1. The maximum absolute atomic E-state index is 12.0. The molecule has 0 spiro atoms. The Morgan fingerprint density at radius 3 is 2.81 bits per heavy atom. The van der Waals surface area contributed by atoms with Gasteiger partial charge >= 0.3 is 0 Å². The Morgan fingerprint density at radius 2 is 2.05 bits per heavy atom. The Morgan fingerprint density at radius 1 is 1.24 bits per heavy atom. The van der Waals surface area contributed by atoms with E-state index in [2.05, 4.69) is 15.7 Å². The topological polar surface area (TPSA) is 68.2 Å². The van der Waals surface area contributed by atoms with Crippen molar-refractivity contribution in [1.82, 2.24) is 20.4 Å². The molecule has 0 fully saturated rings. The van der Waals surface area contributed by atoms with Gasteiger partial charge < -0.3 is 15.4 Å². The van der Waals surface area contributed by atoms with Gasteiger partial charge in [-0.25, -0.2) is 4.68 Å². The van der Waals surface area contributed by atoms with Gasteiger partial charge in [-0.1, -0.05) is 18.2 Å². The number of aromatic nitrogens is 2. The molecule has 2 N–H and O–H groups in total. The van der Waals surface area contributed by atoms with E-state index in [9.17, 15) is 4.79 Å². The van der Waals surface area contributed by atoms with Gasteiger partial charge in [0.05, 0.1) is 24.1 Å². The minimum absolute atomic E-state index is 0.120. The smallest absolute Gasteiger partial charge is 0.254 e. The van der Waals surface area contributed by atoms with Crippen LogP contribution in [0.15, 0.2) is 42.7 Å². The molecule has 2 aromatic rings. The van der Waals surface area contributed by atoms with Crippen LogP contribution < -0.4 is 10.6 Å². The largest absolute Gasteiger partial charge is 0.383 e. The summed E-state index contributed by atoms with van der Waals surface area (Å²) in [6, 6.07) is 9.69. The summed E-state index contributed by atoms with van der Waals surface area (Å²) in [6.45, 7) is 2.72. The van der Waals surface area contributed by atoms with E-state index in [1.165, 1.54) is 0 Å². The zero-order valence-electron chi connectivity index (χ0n) is 12.1. The Bertz CT molecular complexity index is 554. The van der Waals surface area contributed by atoms with Gasteiger partial charge in [0, 0.05) is 32.9 Å². The van der Waals surface area contributed by atoms with E-state index in [-0.39, 0.29) is 5.91 Å². The molecule has 1 aromatic heterocycles. The fourth-order valence-corrected chi connectivity index (χ4v) is 1.83. The van der Waals surface area contributed by atoms with Crippen LogP contribution in [-0.2, 0) is 4.74 Å². The molecule has 1 heterocycles. The normalized spacial score (nSPS) is 10.5. The van der Waals surface area contributed by atoms with Crippen molar-refractivity contribution in [1.29, 1.82) is 0 Å². The van der Waals surface area contributed by atoms with E-state index in [1.54, 1.807) is 24.2 Å². The fourth-order valence-electron chi connectivity index (χ4n) is 1.83. The molecule has 1 aromatic carbocycles. The van der Waals surface area contributed by atoms with E-state index in [0.29, 0.717) is 25.3 Å². The van der Waals surface area contributed by atoms with Gasteiger partial charge in [-0.05, 0) is 12.1 Å². The Kier molecular flexibility index (Phi) is 5.93. The second kappa shape index (κ2) is 8.18. The van der Waals surface area contributed by atoms with E-state index in [0.717, 1.165) is 12.2 Å². The monoisotopic (exact) mass is 288 g/mol. The standard InChI is InChI=1S/C15H20N4O2/c1-21-10-9-16-7-8-17-15(20)13-11-18-19(12-13)14-5-3-2-4-6-14/h2-6,11-12,16H,7-10H2,1H3,(H,17,20). The van der Waals surface area contributed by atoms with E-state index in [4.69, 9.17) is 4.74 Å². The third-order valence-electron chi connectivity index (χ3n) is 2.94. The molecule has 2 rings (SSSR count). The van der Waals surface area contributed by atoms with Crippen LogP contribution in [0.25, 0.3) is 5.69 Å². The fraction of sp³-hybridized carbons (Fsp3) is 0.333. The summed E-state index contributed by atoms with van der Waals surface area (Å²) >= 11 is 0. The number of ether oxygens (including phenoxy) is 1. The molecule has 0 aliphatic rings. The maximum Gasteiger partial charge on any atom is 0.254 e. The average Bonchev–Trinajstić information content (AvgIpc) is 3.01. The average molecular weight is 288 g/mol. The van der Waals surface area contributed by atoms with Crippen LogP contribution in [-0.4, -0.2) is 49.0 Å². The van der Waals surface area contributed by atoms with Crippen LogP contribution in [0.5, 0.6) is 0 Å². The molecule has 112 valence electrons. The van der Waals surface area contributed by atoms with Gasteiger partial charge in [-0.15, -0.1) is 0 Å². The highest BCUT2D eigenvalue weighted by Gasteiger charge is 2.08. The molecule has 6 nitrogen and oxygen atoms in total. The maximum atomic E-state index is 12.0. The lowest BCUT2D eigenvalue weighted by Crippen LogP contribution is -2.32. The minimum atomic E-state index is -0.120. The van der Waals surface area contributed by atoms with Gasteiger partial charge in [0.2, 0.25) is 0 Å². The highest BCUT2D eigenvalue weighted by molar-refractivity contribution is 5.93. The number of hydrogen-bond acceptors (Lipinski definition) is 4. The number of benzene rings is 1. The van der Waals surface area contributed by atoms with E-state index < -0.39 is 0 Å².